The fourth-order valence-corrected chi connectivity index (χ4v) is 10.8. The first-order valence-electron chi connectivity index (χ1n) is 25.3. The van der Waals surface area contributed by atoms with Gasteiger partial charge in [0.2, 0.25) is 0 Å². The lowest BCUT2D eigenvalue weighted by Gasteiger charge is -2.30. The Bertz CT molecular complexity index is 3690. The normalized spacial score (nSPS) is 12.9. The fraction of sp³-hybridized carbons (Fsp3) is 0.235. The summed E-state index contributed by atoms with van der Waals surface area (Å²) in [5, 5.41) is 10.1. The summed E-state index contributed by atoms with van der Waals surface area (Å²) in [5.74, 6) is 0. The van der Waals surface area contributed by atoms with Crippen LogP contribution in [0.5, 0.6) is 0 Å². The van der Waals surface area contributed by atoms with Crippen molar-refractivity contribution < 1.29 is 0 Å². The van der Waals surface area contributed by atoms with Gasteiger partial charge in [0, 0.05) is 32.8 Å². The number of anilines is 3. The number of hydrogen-bond acceptors (Lipinski definition) is 1. The van der Waals surface area contributed by atoms with Crippen LogP contribution in [0.2, 0.25) is 0 Å². The zero-order valence-electron chi connectivity index (χ0n) is 43.2. The third-order valence-corrected chi connectivity index (χ3v) is 15.0. The average molecular weight is 911 g/mol. The molecule has 11 aromatic rings. The van der Waals surface area contributed by atoms with Crippen LogP contribution in [-0.4, -0.2) is 4.57 Å². The molecule has 0 radical (unpaired) electrons. The molecule has 0 unspecified atom stereocenters. The number of hydrogen-bond donors (Lipinski definition) is 0. The van der Waals surface area contributed by atoms with E-state index in [4.69, 9.17) is 0 Å². The summed E-state index contributed by atoms with van der Waals surface area (Å²) < 4.78 is 2.53. The van der Waals surface area contributed by atoms with E-state index in [2.05, 4.69) is 275 Å². The molecule has 2 nitrogen and oxygen atoms in total. The molecule has 0 amide bonds. The SMILES string of the molecule is CC(C)(C)c1ccc(-c2ccc(N(c3ccccc3-c3ccc(C(C)(C)C)cc3)c3ccc4ccc5c(-n6c7ccc(C(C)(C)C)cc7c7cc(C(C)(C)C)ccc76)ccc6ccc3c4c65)cc2)cc1. The minimum absolute atomic E-state index is 0.0284. The van der Waals surface area contributed by atoms with Crippen molar-refractivity contribution in [3.8, 4) is 27.9 Å². The van der Waals surface area contributed by atoms with Crippen LogP contribution in [0, 0.1) is 0 Å². The van der Waals surface area contributed by atoms with Crippen LogP contribution in [0.3, 0.4) is 0 Å². The number of fused-ring (bicyclic) bond motifs is 3. The smallest absolute Gasteiger partial charge is 0.0541 e. The average Bonchev–Trinajstić information content (AvgIpc) is 3.66. The predicted molar refractivity (Wildman–Crippen MR) is 305 cm³/mol. The first-order valence-corrected chi connectivity index (χ1v) is 25.3. The highest BCUT2D eigenvalue weighted by Gasteiger charge is 2.25. The Balaban J connectivity index is 1.14. The number of nitrogens with zero attached hydrogens (tertiary/aromatic N) is 2. The summed E-state index contributed by atoms with van der Waals surface area (Å²) in [7, 11) is 0. The van der Waals surface area contributed by atoms with Crippen molar-refractivity contribution >= 4 is 71.2 Å². The van der Waals surface area contributed by atoms with Crippen LogP contribution in [0.1, 0.15) is 105 Å². The minimum atomic E-state index is 0.0284. The molecule has 1 heterocycles. The zero-order chi connectivity index (χ0) is 49.1. The number of aromatic nitrogens is 1. The van der Waals surface area contributed by atoms with Gasteiger partial charge in [0.15, 0.2) is 0 Å². The van der Waals surface area contributed by atoms with Crippen molar-refractivity contribution in [3.05, 3.63) is 204 Å². The zero-order valence-corrected chi connectivity index (χ0v) is 43.2. The van der Waals surface area contributed by atoms with Gasteiger partial charge in [-0.2, -0.15) is 0 Å². The fourth-order valence-electron chi connectivity index (χ4n) is 10.8. The topological polar surface area (TPSA) is 8.17 Å². The molecule has 0 aliphatic rings. The van der Waals surface area contributed by atoms with Crippen LogP contribution in [0.15, 0.2) is 182 Å². The molecule has 0 saturated heterocycles. The lowest BCUT2D eigenvalue weighted by atomic mass is 9.85. The second kappa shape index (κ2) is 16.2. The van der Waals surface area contributed by atoms with E-state index in [0.29, 0.717) is 0 Å². The van der Waals surface area contributed by atoms with Crippen molar-refractivity contribution in [1.82, 2.24) is 4.57 Å². The highest BCUT2D eigenvalue weighted by Crippen LogP contribution is 2.48. The lowest BCUT2D eigenvalue weighted by Crippen LogP contribution is -2.12. The van der Waals surface area contributed by atoms with E-state index in [1.165, 1.54) is 104 Å². The molecule has 2 heteroatoms. The Hall–Kier alpha value is -7.16. The largest absolute Gasteiger partial charge is 0.309 e. The molecular formula is C68H66N2. The molecule has 0 bridgehead atoms. The van der Waals surface area contributed by atoms with Gasteiger partial charge in [-0.15, -0.1) is 0 Å². The summed E-state index contributed by atoms with van der Waals surface area (Å²) >= 11 is 0. The van der Waals surface area contributed by atoms with Gasteiger partial charge in [-0.3, -0.25) is 0 Å². The van der Waals surface area contributed by atoms with Crippen LogP contribution >= 0.6 is 0 Å². The minimum Gasteiger partial charge on any atom is -0.309 e. The summed E-state index contributed by atoms with van der Waals surface area (Å²) in [6.45, 7) is 27.6. The van der Waals surface area contributed by atoms with E-state index in [0.717, 1.165) is 17.1 Å². The van der Waals surface area contributed by atoms with Crippen LogP contribution in [-0.2, 0) is 21.7 Å². The van der Waals surface area contributed by atoms with Crippen molar-refractivity contribution in [2.45, 2.75) is 105 Å². The summed E-state index contributed by atoms with van der Waals surface area (Å²) in [6.07, 6.45) is 0. The predicted octanol–water partition coefficient (Wildman–Crippen LogP) is 19.7. The molecule has 1 aromatic heterocycles. The molecule has 0 N–H and O–H groups in total. The van der Waals surface area contributed by atoms with Gasteiger partial charge in [-0.05, 0) is 137 Å². The first kappa shape index (κ1) is 45.3. The molecule has 11 rings (SSSR count). The second-order valence-corrected chi connectivity index (χ2v) is 23.9. The maximum absolute atomic E-state index is 2.53. The van der Waals surface area contributed by atoms with Crippen molar-refractivity contribution in [1.29, 1.82) is 0 Å². The van der Waals surface area contributed by atoms with Gasteiger partial charge >= 0.3 is 0 Å². The van der Waals surface area contributed by atoms with Gasteiger partial charge in [-0.1, -0.05) is 210 Å². The quantitative estimate of drug-likeness (QED) is 0.151. The Labute approximate surface area is 415 Å². The molecular weight excluding hydrogens is 845 g/mol. The molecule has 0 atom stereocenters. The van der Waals surface area contributed by atoms with Gasteiger partial charge in [0.05, 0.1) is 28.1 Å². The molecule has 10 aromatic carbocycles. The van der Waals surface area contributed by atoms with Crippen molar-refractivity contribution in [2.24, 2.45) is 0 Å². The standard InChI is InChI=1S/C68H66N2/c1-65(2,3)48-27-17-43(18-28-48)44-21-33-52(34-22-44)69(58-16-14-13-15-53(58)45-19-29-49(30-20-45)66(4,5)6)59-37-25-46-24-36-55-60(38-26-47-23-35-54(59)63(46)64(47)55)70-61-39-31-50(67(7,8)9)41-56(61)57-42-51(68(10,11)12)32-40-62(57)70/h13-42H,1-12H3. The van der Waals surface area contributed by atoms with Crippen LogP contribution < -0.4 is 4.90 Å². The third-order valence-electron chi connectivity index (χ3n) is 15.0. The molecule has 348 valence electrons. The van der Waals surface area contributed by atoms with Crippen molar-refractivity contribution in [3.63, 3.8) is 0 Å². The van der Waals surface area contributed by atoms with Gasteiger partial charge in [0.25, 0.3) is 0 Å². The lowest BCUT2D eigenvalue weighted by molar-refractivity contribution is 0.590. The number of para-hydroxylation sites is 1. The van der Waals surface area contributed by atoms with E-state index in [1.807, 2.05) is 0 Å². The van der Waals surface area contributed by atoms with E-state index in [9.17, 15) is 0 Å². The molecule has 70 heavy (non-hydrogen) atoms. The van der Waals surface area contributed by atoms with E-state index in [1.54, 1.807) is 0 Å². The van der Waals surface area contributed by atoms with Gasteiger partial charge in [0.1, 0.15) is 0 Å². The monoisotopic (exact) mass is 911 g/mol. The Kier molecular flexibility index (Phi) is 10.5. The van der Waals surface area contributed by atoms with Crippen molar-refractivity contribution in [2.75, 3.05) is 4.90 Å². The Morgan fingerprint density at radius 2 is 0.757 bits per heavy atom. The molecule has 0 aliphatic heterocycles. The van der Waals surface area contributed by atoms with E-state index < -0.39 is 0 Å². The summed E-state index contributed by atoms with van der Waals surface area (Å²) in [5.41, 5.74) is 17.4. The first-order chi connectivity index (χ1) is 33.2. The highest BCUT2D eigenvalue weighted by atomic mass is 15.1. The Morgan fingerprint density at radius 1 is 0.329 bits per heavy atom. The second-order valence-electron chi connectivity index (χ2n) is 23.9. The molecule has 0 saturated carbocycles. The van der Waals surface area contributed by atoms with Crippen LogP contribution in [0.25, 0.3) is 82.1 Å². The van der Waals surface area contributed by atoms with Crippen LogP contribution in [0.4, 0.5) is 17.1 Å². The maximum Gasteiger partial charge on any atom is 0.0541 e. The number of rotatable bonds is 6. The summed E-state index contributed by atoms with van der Waals surface area (Å²) in [6, 6.07) is 69.5. The molecule has 0 aliphatic carbocycles. The summed E-state index contributed by atoms with van der Waals surface area (Å²) in [4.78, 5) is 2.50. The maximum atomic E-state index is 2.53. The number of benzene rings is 10. The third kappa shape index (κ3) is 7.73. The molecule has 0 spiro atoms. The molecule has 0 fully saturated rings. The van der Waals surface area contributed by atoms with E-state index >= 15 is 0 Å². The Morgan fingerprint density at radius 3 is 1.29 bits per heavy atom. The van der Waals surface area contributed by atoms with E-state index in [-0.39, 0.29) is 21.7 Å². The highest BCUT2D eigenvalue weighted by molar-refractivity contribution is 6.27. The van der Waals surface area contributed by atoms with Gasteiger partial charge < -0.3 is 9.47 Å². The van der Waals surface area contributed by atoms with Gasteiger partial charge in [-0.25, -0.2) is 0 Å².